The van der Waals surface area contributed by atoms with E-state index < -0.39 is 28.7 Å². The molecule has 1 N–H and O–H groups in total. The van der Waals surface area contributed by atoms with E-state index in [4.69, 9.17) is 0 Å². The summed E-state index contributed by atoms with van der Waals surface area (Å²) in [7, 11) is 0. The Balaban J connectivity index is 1.39. The van der Waals surface area contributed by atoms with E-state index in [-0.39, 0.29) is 23.4 Å². The first-order valence-corrected chi connectivity index (χ1v) is 12.8. The SMILES string of the molecule is C[S@+]([O-])CC(=O)NC1CCC(CCN2CCN(c3cc(C(F)(F)F)ccc3F)CC2)CC1. The van der Waals surface area contributed by atoms with Crippen LogP contribution in [0.3, 0.4) is 0 Å². The first-order valence-electron chi connectivity index (χ1n) is 11.0. The lowest BCUT2D eigenvalue weighted by atomic mass is 9.84. The highest BCUT2D eigenvalue weighted by Gasteiger charge is 2.32. The van der Waals surface area contributed by atoms with Crippen LogP contribution in [-0.4, -0.2) is 66.1 Å². The molecule has 0 spiro atoms. The maximum absolute atomic E-state index is 14.1. The van der Waals surface area contributed by atoms with Gasteiger partial charge in [0.25, 0.3) is 5.91 Å². The van der Waals surface area contributed by atoms with E-state index in [9.17, 15) is 26.9 Å². The molecule has 1 aromatic rings. The Morgan fingerprint density at radius 3 is 2.41 bits per heavy atom. The van der Waals surface area contributed by atoms with Crippen molar-refractivity contribution in [2.24, 2.45) is 5.92 Å². The average molecular weight is 478 g/mol. The number of carbonyl (C=O) groups excluding carboxylic acids is 1. The summed E-state index contributed by atoms with van der Waals surface area (Å²) in [6.45, 7) is 3.28. The van der Waals surface area contributed by atoms with E-state index >= 15 is 0 Å². The summed E-state index contributed by atoms with van der Waals surface area (Å²) in [5.41, 5.74) is -0.808. The topological polar surface area (TPSA) is 58.6 Å². The fraction of sp³-hybridized carbons (Fsp3) is 0.682. The average Bonchev–Trinajstić information content (AvgIpc) is 2.72. The Morgan fingerprint density at radius 1 is 1.16 bits per heavy atom. The number of carbonyl (C=O) groups is 1. The van der Waals surface area contributed by atoms with Crippen molar-refractivity contribution >= 4 is 22.8 Å². The molecule has 180 valence electrons. The van der Waals surface area contributed by atoms with E-state index in [0.717, 1.165) is 56.8 Å². The summed E-state index contributed by atoms with van der Waals surface area (Å²) < 4.78 is 64.2. The van der Waals surface area contributed by atoms with Gasteiger partial charge in [0, 0.05) is 32.2 Å². The van der Waals surface area contributed by atoms with E-state index in [0.29, 0.717) is 32.1 Å². The van der Waals surface area contributed by atoms with Crippen LogP contribution in [0.1, 0.15) is 37.7 Å². The zero-order valence-electron chi connectivity index (χ0n) is 18.3. The molecule has 1 saturated heterocycles. The quantitative estimate of drug-likeness (QED) is 0.483. The number of piperazine rings is 1. The van der Waals surface area contributed by atoms with Crippen LogP contribution >= 0.6 is 0 Å². The number of amides is 1. The minimum absolute atomic E-state index is 0.0201. The van der Waals surface area contributed by atoms with Gasteiger partial charge in [0.2, 0.25) is 0 Å². The lowest BCUT2D eigenvalue weighted by Crippen LogP contribution is -2.47. The van der Waals surface area contributed by atoms with Gasteiger partial charge >= 0.3 is 6.18 Å². The van der Waals surface area contributed by atoms with Crippen molar-refractivity contribution in [2.45, 2.75) is 44.3 Å². The highest BCUT2D eigenvalue weighted by Crippen LogP contribution is 2.33. The Morgan fingerprint density at radius 2 is 1.81 bits per heavy atom. The second-order valence-corrected chi connectivity index (χ2v) is 10.2. The van der Waals surface area contributed by atoms with Crippen LogP contribution in [0, 0.1) is 11.7 Å². The number of hydrogen-bond donors (Lipinski definition) is 1. The second kappa shape index (κ2) is 11.1. The molecular formula is C22H31F4N3O2S. The van der Waals surface area contributed by atoms with Gasteiger partial charge in [-0.25, -0.2) is 4.39 Å². The predicted molar refractivity (Wildman–Crippen MR) is 117 cm³/mol. The molecule has 1 heterocycles. The normalized spacial score (nSPS) is 23.8. The van der Waals surface area contributed by atoms with E-state index in [1.807, 2.05) is 0 Å². The summed E-state index contributed by atoms with van der Waals surface area (Å²) in [6.07, 6.45) is 2.00. The summed E-state index contributed by atoms with van der Waals surface area (Å²) >= 11 is -1.13. The summed E-state index contributed by atoms with van der Waals surface area (Å²) in [5, 5.41) is 2.97. The Labute approximate surface area is 189 Å². The molecule has 32 heavy (non-hydrogen) atoms. The summed E-state index contributed by atoms with van der Waals surface area (Å²) in [4.78, 5) is 15.7. The van der Waals surface area contributed by atoms with Crippen molar-refractivity contribution in [2.75, 3.05) is 49.6 Å². The predicted octanol–water partition coefficient (Wildman–Crippen LogP) is 3.41. The van der Waals surface area contributed by atoms with Gasteiger partial charge in [-0.15, -0.1) is 0 Å². The van der Waals surface area contributed by atoms with E-state index in [1.54, 1.807) is 4.90 Å². The molecule has 5 nitrogen and oxygen atoms in total. The molecule has 2 aliphatic rings. The number of nitrogens with zero attached hydrogens (tertiary/aromatic N) is 2. The minimum Gasteiger partial charge on any atom is -0.616 e. The number of alkyl halides is 3. The molecule has 0 radical (unpaired) electrons. The molecule has 0 aromatic heterocycles. The van der Waals surface area contributed by atoms with Gasteiger partial charge in [-0.2, -0.15) is 13.2 Å². The molecule has 0 bridgehead atoms. The van der Waals surface area contributed by atoms with Crippen molar-refractivity contribution in [1.82, 2.24) is 10.2 Å². The van der Waals surface area contributed by atoms with Crippen molar-refractivity contribution in [3.63, 3.8) is 0 Å². The van der Waals surface area contributed by atoms with Crippen LogP contribution in [0.25, 0.3) is 0 Å². The van der Waals surface area contributed by atoms with Crippen molar-refractivity contribution in [3.05, 3.63) is 29.6 Å². The maximum Gasteiger partial charge on any atom is 0.416 e. The van der Waals surface area contributed by atoms with Crippen LogP contribution in [0.5, 0.6) is 0 Å². The number of halogens is 4. The Kier molecular flexibility index (Phi) is 8.68. The molecule has 1 aliphatic carbocycles. The zero-order chi connectivity index (χ0) is 23.3. The summed E-state index contributed by atoms with van der Waals surface area (Å²) in [5.74, 6) is -0.136. The molecule has 10 heteroatoms. The van der Waals surface area contributed by atoms with Gasteiger partial charge in [-0.05, 0) is 73.9 Å². The third-order valence-electron chi connectivity index (χ3n) is 6.39. The molecule has 1 amide bonds. The highest BCUT2D eigenvalue weighted by molar-refractivity contribution is 7.91. The lowest BCUT2D eigenvalue weighted by molar-refractivity contribution is -0.137. The van der Waals surface area contributed by atoms with Gasteiger partial charge in [0.15, 0.2) is 5.75 Å². The van der Waals surface area contributed by atoms with Crippen LogP contribution in [-0.2, 0) is 22.1 Å². The first-order chi connectivity index (χ1) is 15.1. The fourth-order valence-corrected chi connectivity index (χ4v) is 5.01. The number of anilines is 1. The fourth-order valence-electron chi connectivity index (χ4n) is 4.56. The van der Waals surface area contributed by atoms with Crippen molar-refractivity contribution in [3.8, 4) is 0 Å². The van der Waals surface area contributed by atoms with Crippen LogP contribution < -0.4 is 10.2 Å². The number of hydrogen-bond acceptors (Lipinski definition) is 4. The van der Waals surface area contributed by atoms with Gasteiger partial charge in [-0.3, -0.25) is 9.69 Å². The Hall–Kier alpha value is -1.52. The van der Waals surface area contributed by atoms with E-state index in [2.05, 4.69) is 10.2 Å². The molecule has 1 aromatic carbocycles. The van der Waals surface area contributed by atoms with Gasteiger partial charge < -0.3 is 14.8 Å². The van der Waals surface area contributed by atoms with Crippen LogP contribution in [0.15, 0.2) is 18.2 Å². The molecule has 2 fully saturated rings. The number of rotatable bonds is 7. The van der Waals surface area contributed by atoms with Crippen molar-refractivity contribution in [1.29, 1.82) is 0 Å². The van der Waals surface area contributed by atoms with Gasteiger partial charge in [-0.1, -0.05) is 0 Å². The monoisotopic (exact) mass is 477 g/mol. The molecule has 1 atom stereocenters. The van der Waals surface area contributed by atoms with Gasteiger partial charge in [0.1, 0.15) is 5.82 Å². The zero-order valence-corrected chi connectivity index (χ0v) is 19.1. The molecule has 1 saturated carbocycles. The third kappa shape index (κ3) is 7.25. The molecule has 0 unspecified atom stereocenters. The third-order valence-corrected chi connectivity index (χ3v) is 7.05. The first kappa shape index (κ1) is 25.1. The molecule has 3 rings (SSSR count). The molecular weight excluding hydrogens is 446 g/mol. The van der Waals surface area contributed by atoms with E-state index in [1.165, 1.54) is 6.26 Å². The van der Waals surface area contributed by atoms with Crippen LogP contribution in [0.2, 0.25) is 0 Å². The minimum atomic E-state index is -4.49. The standard InChI is InChI=1S/C22H31F4N3O2S/c1-32(31)15-21(30)27-18-5-2-16(3-6-18)8-9-28-10-12-29(13-11-28)20-14-17(22(24,25)26)4-7-19(20)23/h4,7,14,16,18H,2-3,5-6,8-13,15H2,1H3,(H,27,30)/t16?,18?,32-/m0/s1. The van der Waals surface area contributed by atoms with Gasteiger partial charge in [0.05, 0.1) is 17.5 Å². The van der Waals surface area contributed by atoms with Crippen molar-refractivity contribution < 1.29 is 26.9 Å². The lowest BCUT2D eigenvalue weighted by Gasteiger charge is -2.37. The highest BCUT2D eigenvalue weighted by atomic mass is 32.2. The number of benzene rings is 1. The van der Waals surface area contributed by atoms with Crippen LogP contribution in [0.4, 0.5) is 23.2 Å². The second-order valence-electron chi connectivity index (χ2n) is 8.78. The smallest absolute Gasteiger partial charge is 0.416 e. The maximum atomic E-state index is 14.1. The molecule has 1 aliphatic heterocycles. The Bertz CT molecular complexity index is 762. The largest absolute Gasteiger partial charge is 0.616 e. The summed E-state index contributed by atoms with van der Waals surface area (Å²) in [6, 6.07) is 2.74. The number of nitrogens with one attached hydrogen (secondary N) is 1.